The summed E-state index contributed by atoms with van der Waals surface area (Å²) in [5.41, 5.74) is -1.70. The Labute approximate surface area is 101 Å². The van der Waals surface area contributed by atoms with Gasteiger partial charge < -0.3 is 4.74 Å². The number of ether oxygens (including phenoxy) is 1. The number of rotatable bonds is 1. The molecule has 0 amide bonds. The quantitative estimate of drug-likeness (QED) is 0.441. The predicted octanol–water partition coefficient (Wildman–Crippen LogP) is 2.76. The predicted molar refractivity (Wildman–Crippen MR) is 54.9 cm³/mol. The molecule has 0 saturated heterocycles. The number of alkyl halides is 3. The molecule has 0 aliphatic carbocycles. The van der Waals surface area contributed by atoms with Crippen LogP contribution in [0.3, 0.4) is 0 Å². The van der Waals surface area contributed by atoms with Gasteiger partial charge in [-0.3, -0.25) is 0 Å². The highest BCUT2D eigenvalue weighted by Crippen LogP contribution is 2.31. The van der Waals surface area contributed by atoms with Crippen molar-refractivity contribution < 1.29 is 27.1 Å². The summed E-state index contributed by atoms with van der Waals surface area (Å²) in [6.45, 7) is 1.59. The molecule has 0 radical (unpaired) electrons. The molecule has 1 rings (SSSR count). The molecule has 0 atom stereocenters. The van der Waals surface area contributed by atoms with Gasteiger partial charge in [0.25, 0.3) is 0 Å². The largest absolute Gasteiger partial charge is 0.456 e. The lowest BCUT2D eigenvalue weighted by Crippen LogP contribution is -2.08. The summed E-state index contributed by atoms with van der Waals surface area (Å²) < 4.78 is 54.9. The molecule has 0 unspecified atom stereocenters. The molecule has 2 nitrogen and oxygen atoms in total. The number of esters is 1. The van der Waals surface area contributed by atoms with Gasteiger partial charge >= 0.3 is 12.1 Å². The zero-order valence-corrected chi connectivity index (χ0v) is 9.27. The van der Waals surface area contributed by atoms with Gasteiger partial charge in [0, 0.05) is 11.5 Å². The standard InChI is InChI=1S/C12H8F4O2/c1-2-18-11(17)6-3-8-7-9(13)4-5-10(8)12(14,15)16/h4-5,7H,2H2,1H3. The van der Waals surface area contributed by atoms with Crippen LogP contribution in [-0.4, -0.2) is 12.6 Å². The number of hydrogen-bond donors (Lipinski definition) is 0. The second-order valence-corrected chi connectivity index (χ2v) is 3.16. The smallest absolute Gasteiger partial charge is 0.417 e. The van der Waals surface area contributed by atoms with E-state index in [1.54, 1.807) is 0 Å². The van der Waals surface area contributed by atoms with Crippen LogP contribution in [0.2, 0.25) is 0 Å². The van der Waals surface area contributed by atoms with Gasteiger partial charge in [-0.2, -0.15) is 13.2 Å². The zero-order chi connectivity index (χ0) is 13.8. The Bertz CT molecular complexity index is 509. The van der Waals surface area contributed by atoms with Crippen molar-refractivity contribution in [3.05, 3.63) is 35.1 Å². The lowest BCUT2D eigenvalue weighted by molar-refractivity contribution is -0.138. The molecule has 0 fully saturated rings. The third kappa shape index (κ3) is 3.77. The van der Waals surface area contributed by atoms with Crippen molar-refractivity contribution in [1.82, 2.24) is 0 Å². The SMILES string of the molecule is CCOC(=O)C#Cc1cc(F)ccc1C(F)(F)F. The van der Waals surface area contributed by atoms with E-state index in [0.29, 0.717) is 18.2 Å². The molecule has 0 heterocycles. The van der Waals surface area contributed by atoms with Crippen molar-refractivity contribution in [1.29, 1.82) is 0 Å². The van der Waals surface area contributed by atoms with Gasteiger partial charge in [0.15, 0.2) is 0 Å². The van der Waals surface area contributed by atoms with E-state index in [0.717, 1.165) is 0 Å². The average Bonchev–Trinajstić information content (AvgIpc) is 2.25. The molecular formula is C12H8F4O2. The van der Waals surface area contributed by atoms with Gasteiger partial charge in [0.1, 0.15) is 5.82 Å². The van der Waals surface area contributed by atoms with Crippen LogP contribution in [-0.2, 0) is 15.7 Å². The van der Waals surface area contributed by atoms with Crippen LogP contribution in [0.4, 0.5) is 17.6 Å². The van der Waals surface area contributed by atoms with Crippen LogP contribution >= 0.6 is 0 Å². The Balaban J connectivity index is 3.15. The topological polar surface area (TPSA) is 26.3 Å². The Morgan fingerprint density at radius 3 is 2.61 bits per heavy atom. The lowest BCUT2D eigenvalue weighted by atomic mass is 10.1. The minimum atomic E-state index is -4.66. The minimum absolute atomic E-state index is 0.0583. The summed E-state index contributed by atoms with van der Waals surface area (Å²) in [5.74, 6) is 1.99. The third-order valence-corrected chi connectivity index (χ3v) is 1.86. The fourth-order valence-corrected chi connectivity index (χ4v) is 1.15. The molecule has 0 aliphatic rings. The number of hydrogen-bond acceptors (Lipinski definition) is 2. The highest BCUT2D eigenvalue weighted by atomic mass is 19.4. The van der Waals surface area contributed by atoms with Crippen molar-refractivity contribution in [2.45, 2.75) is 13.1 Å². The highest BCUT2D eigenvalue weighted by molar-refractivity contribution is 5.89. The molecule has 18 heavy (non-hydrogen) atoms. The van der Waals surface area contributed by atoms with Gasteiger partial charge in [0.05, 0.1) is 12.2 Å². The van der Waals surface area contributed by atoms with E-state index in [4.69, 9.17) is 0 Å². The van der Waals surface area contributed by atoms with Crippen LogP contribution < -0.4 is 0 Å². The van der Waals surface area contributed by atoms with Gasteiger partial charge in [-0.15, -0.1) is 0 Å². The van der Waals surface area contributed by atoms with Gasteiger partial charge in [0.2, 0.25) is 0 Å². The summed E-state index contributed by atoms with van der Waals surface area (Å²) >= 11 is 0. The molecular weight excluding hydrogens is 252 g/mol. The first-order valence-electron chi connectivity index (χ1n) is 4.90. The van der Waals surface area contributed by atoms with Crippen molar-refractivity contribution in [2.24, 2.45) is 0 Å². The Kier molecular flexibility index (Phi) is 4.32. The zero-order valence-electron chi connectivity index (χ0n) is 9.27. The van der Waals surface area contributed by atoms with E-state index in [1.807, 2.05) is 11.8 Å². The van der Waals surface area contributed by atoms with E-state index < -0.39 is 29.1 Å². The van der Waals surface area contributed by atoms with Crippen molar-refractivity contribution in [2.75, 3.05) is 6.61 Å². The van der Waals surface area contributed by atoms with Crippen molar-refractivity contribution in [3.8, 4) is 11.8 Å². The van der Waals surface area contributed by atoms with E-state index in [9.17, 15) is 22.4 Å². The molecule has 1 aromatic rings. The number of benzene rings is 1. The summed E-state index contributed by atoms with van der Waals surface area (Å²) in [6, 6.07) is 1.87. The summed E-state index contributed by atoms with van der Waals surface area (Å²) in [5, 5.41) is 0. The second kappa shape index (κ2) is 5.54. The normalized spacial score (nSPS) is 10.5. The van der Waals surface area contributed by atoms with Gasteiger partial charge in [-0.1, -0.05) is 5.92 Å². The van der Waals surface area contributed by atoms with E-state index in [2.05, 4.69) is 4.74 Å². The Morgan fingerprint density at radius 2 is 2.06 bits per heavy atom. The van der Waals surface area contributed by atoms with Crippen molar-refractivity contribution in [3.63, 3.8) is 0 Å². The lowest BCUT2D eigenvalue weighted by Gasteiger charge is -2.08. The van der Waals surface area contributed by atoms with Crippen LogP contribution in [0.25, 0.3) is 0 Å². The maximum atomic E-state index is 12.9. The van der Waals surface area contributed by atoms with Crippen LogP contribution in [0.5, 0.6) is 0 Å². The summed E-state index contributed by atoms with van der Waals surface area (Å²) in [4.78, 5) is 10.9. The maximum absolute atomic E-state index is 12.9. The van der Waals surface area contributed by atoms with Gasteiger partial charge in [-0.05, 0) is 25.1 Å². The van der Waals surface area contributed by atoms with E-state index in [1.165, 1.54) is 6.92 Å². The van der Waals surface area contributed by atoms with Crippen LogP contribution in [0.15, 0.2) is 18.2 Å². The molecule has 0 saturated carbocycles. The Morgan fingerprint density at radius 1 is 1.39 bits per heavy atom. The number of halogens is 4. The first kappa shape index (κ1) is 14.0. The molecule has 1 aromatic carbocycles. The monoisotopic (exact) mass is 260 g/mol. The maximum Gasteiger partial charge on any atom is 0.417 e. The third-order valence-electron chi connectivity index (χ3n) is 1.86. The first-order valence-corrected chi connectivity index (χ1v) is 4.90. The second-order valence-electron chi connectivity index (χ2n) is 3.16. The molecule has 0 aromatic heterocycles. The molecule has 0 N–H and O–H groups in total. The fraction of sp³-hybridized carbons (Fsp3) is 0.250. The van der Waals surface area contributed by atoms with E-state index in [-0.39, 0.29) is 6.61 Å². The fourth-order valence-electron chi connectivity index (χ4n) is 1.15. The minimum Gasteiger partial charge on any atom is -0.456 e. The average molecular weight is 260 g/mol. The Hall–Kier alpha value is -2.03. The van der Waals surface area contributed by atoms with Crippen molar-refractivity contribution >= 4 is 5.97 Å². The number of carbonyl (C=O) groups excluding carboxylic acids is 1. The molecule has 0 spiro atoms. The summed E-state index contributed by atoms with van der Waals surface area (Å²) in [7, 11) is 0. The summed E-state index contributed by atoms with van der Waals surface area (Å²) in [6.07, 6.45) is -4.66. The molecule has 0 bridgehead atoms. The number of carbonyl (C=O) groups is 1. The van der Waals surface area contributed by atoms with Crippen LogP contribution in [0.1, 0.15) is 18.1 Å². The van der Waals surface area contributed by atoms with E-state index >= 15 is 0 Å². The molecule has 6 heteroatoms. The highest BCUT2D eigenvalue weighted by Gasteiger charge is 2.33. The van der Waals surface area contributed by atoms with Gasteiger partial charge in [-0.25, -0.2) is 9.18 Å². The van der Waals surface area contributed by atoms with Crippen LogP contribution in [0, 0.1) is 17.7 Å². The molecule has 96 valence electrons. The first-order chi connectivity index (χ1) is 8.34. The molecule has 0 aliphatic heterocycles.